The molecule has 0 spiro atoms. The third kappa shape index (κ3) is 4.33. The molecule has 5 nitrogen and oxygen atoms in total. The SMILES string of the molecule is N#Cc1ccc(OCCCNC(=O)O)cc1. The Morgan fingerprint density at radius 2 is 2.12 bits per heavy atom. The van der Waals surface area contributed by atoms with Crippen molar-refractivity contribution in [1.82, 2.24) is 5.32 Å². The molecular weight excluding hydrogens is 208 g/mol. The van der Waals surface area contributed by atoms with Crippen molar-refractivity contribution < 1.29 is 14.6 Å². The average Bonchev–Trinajstić information content (AvgIpc) is 2.29. The molecule has 0 radical (unpaired) electrons. The van der Waals surface area contributed by atoms with Crippen LogP contribution in [0.2, 0.25) is 0 Å². The van der Waals surface area contributed by atoms with Crippen molar-refractivity contribution in [2.24, 2.45) is 0 Å². The van der Waals surface area contributed by atoms with Crippen LogP contribution in [0.5, 0.6) is 5.75 Å². The molecular formula is C11H12N2O3. The summed E-state index contributed by atoms with van der Waals surface area (Å²) in [7, 11) is 0. The number of carboxylic acid groups (broad SMARTS) is 1. The minimum Gasteiger partial charge on any atom is -0.494 e. The van der Waals surface area contributed by atoms with Gasteiger partial charge in [-0.1, -0.05) is 0 Å². The van der Waals surface area contributed by atoms with E-state index >= 15 is 0 Å². The zero-order valence-corrected chi connectivity index (χ0v) is 8.64. The maximum atomic E-state index is 10.1. The Morgan fingerprint density at radius 1 is 1.44 bits per heavy atom. The monoisotopic (exact) mass is 220 g/mol. The van der Waals surface area contributed by atoms with Gasteiger partial charge >= 0.3 is 6.09 Å². The fourth-order valence-electron chi connectivity index (χ4n) is 1.08. The van der Waals surface area contributed by atoms with E-state index in [2.05, 4.69) is 5.32 Å². The first-order valence-electron chi connectivity index (χ1n) is 4.82. The van der Waals surface area contributed by atoms with Crippen LogP contribution in [0.4, 0.5) is 4.79 Å². The maximum absolute atomic E-state index is 10.1. The van der Waals surface area contributed by atoms with Crippen LogP contribution < -0.4 is 10.1 Å². The predicted molar refractivity (Wildman–Crippen MR) is 57.3 cm³/mol. The van der Waals surface area contributed by atoms with Gasteiger partial charge in [-0.3, -0.25) is 0 Å². The number of ether oxygens (including phenoxy) is 1. The van der Waals surface area contributed by atoms with Crippen LogP contribution in [0.25, 0.3) is 0 Å². The highest BCUT2D eigenvalue weighted by atomic mass is 16.5. The molecule has 1 amide bonds. The molecule has 1 aromatic rings. The maximum Gasteiger partial charge on any atom is 0.404 e. The minimum absolute atomic E-state index is 0.367. The van der Waals surface area contributed by atoms with Gasteiger partial charge in [-0.2, -0.15) is 5.26 Å². The first kappa shape index (κ1) is 11.9. The molecule has 0 bridgehead atoms. The van der Waals surface area contributed by atoms with Crippen molar-refractivity contribution in [2.75, 3.05) is 13.2 Å². The lowest BCUT2D eigenvalue weighted by Crippen LogP contribution is -2.23. The van der Waals surface area contributed by atoms with Crippen LogP contribution in [0.3, 0.4) is 0 Å². The van der Waals surface area contributed by atoms with Gasteiger partial charge < -0.3 is 15.2 Å². The second kappa shape index (κ2) is 6.30. The van der Waals surface area contributed by atoms with Crippen molar-refractivity contribution in [1.29, 1.82) is 5.26 Å². The molecule has 0 aromatic heterocycles. The summed E-state index contributed by atoms with van der Waals surface area (Å²) in [6, 6.07) is 8.78. The number of benzene rings is 1. The third-order valence-corrected chi connectivity index (χ3v) is 1.85. The average molecular weight is 220 g/mol. The highest BCUT2D eigenvalue weighted by Crippen LogP contribution is 2.11. The number of rotatable bonds is 5. The molecule has 0 atom stereocenters. The smallest absolute Gasteiger partial charge is 0.404 e. The first-order valence-corrected chi connectivity index (χ1v) is 4.82. The molecule has 16 heavy (non-hydrogen) atoms. The molecule has 5 heteroatoms. The number of carbonyl (C=O) groups is 1. The van der Waals surface area contributed by atoms with Crippen LogP contribution >= 0.6 is 0 Å². The molecule has 0 aliphatic rings. The van der Waals surface area contributed by atoms with Gasteiger partial charge in [0, 0.05) is 6.54 Å². The van der Waals surface area contributed by atoms with Crippen LogP contribution in [0, 0.1) is 11.3 Å². The molecule has 1 rings (SSSR count). The molecule has 0 saturated heterocycles. The molecule has 2 N–H and O–H groups in total. The predicted octanol–water partition coefficient (Wildman–Crippen LogP) is 1.59. The summed E-state index contributed by atoms with van der Waals surface area (Å²) >= 11 is 0. The topological polar surface area (TPSA) is 82.3 Å². The third-order valence-electron chi connectivity index (χ3n) is 1.85. The second-order valence-electron chi connectivity index (χ2n) is 3.07. The molecule has 1 aromatic carbocycles. The van der Waals surface area contributed by atoms with Crippen molar-refractivity contribution in [2.45, 2.75) is 6.42 Å². The standard InChI is InChI=1S/C11H12N2O3/c12-8-9-2-4-10(5-3-9)16-7-1-6-13-11(14)15/h2-5,13H,1,6-7H2,(H,14,15). The number of nitrogens with zero attached hydrogens (tertiary/aromatic N) is 1. The van der Waals surface area contributed by atoms with Gasteiger partial charge in [0.1, 0.15) is 5.75 Å². The van der Waals surface area contributed by atoms with E-state index in [1.54, 1.807) is 24.3 Å². The Labute approximate surface area is 93.3 Å². The van der Waals surface area contributed by atoms with E-state index in [1.165, 1.54) is 0 Å². The number of hydrogen-bond acceptors (Lipinski definition) is 3. The largest absolute Gasteiger partial charge is 0.494 e. The molecule has 0 heterocycles. The summed E-state index contributed by atoms with van der Waals surface area (Å²) in [5, 5.41) is 19.1. The van der Waals surface area contributed by atoms with Crippen LogP contribution in [0.1, 0.15) is 12.0 Å². The molecule has 0 fully saturated rings. The van der Waals surface area contributed by atoms with Crippen LogP contribution in [0.15, 0.2) is 24.3 Å². The van der Waals surface area contributed by atoms with Gasteiger partial charge in [0.15, 0.2) is 0 Å². The van der Waals surface area contributed by atoms with Gasteiger partial charge in [-0.15, -0.1) is 0 Å². The lowest BCUT2D eigenvalue weighted by atomic mass is 10.2. The van der Waals surface area contributed by atoms with E-state index in [9.17, 15) is 4.79 Å². The van der Waals surface area contributed by atoms with E-state index in [1.807, 2.05) is 6.07 Å². The lowest BCUT2D eigenvalue weighted by Gasteiger charge is -2.05. The van der Waals surface area contributed by atoms with E-state index in [4.69, 9.17) is 15.1 Å². The summed E-state index contributed by atoms with van der Waals surface area (Å²) in [5.41, 5.74) is 0.583. The number of hydrogen-bond donors (Lipinski definition) is 2. The second-order valence-corrected chi connectivity index (χ2v) is 3.07. The Kier molecular flexibility index (Phi) is 4.67. The summed E-state index contributed by atoms with van der Waals surface area (Å²) in [4.78, 5) is 10.1. The fraction of sp³-hybridized carbons (Fsp3) is 0.273. The summed E-state index contributed by atoms with van der Waals surface area (Å²) < 4.78 is 5.34. The number of nitrogens with one attached hydrogen (secondary N) is 1. The van der Waals surface area contributed by atoms with Gasteiger partial charge in [0.2, 0.25) is 0 Å². The normalized spacial score (nSPS) is 9.19. The van der Waals surface area contributed by atoms with Crippen molar-refractivity contribution in [3.05, 3.63) is 29.8 Å². The molecule has 0 saturated carbocycles. The van der Waals surface area contributed by atoms with Gasteiger partial charge in [0.05, 0.1) is 18.2 Å². The fourth-order valence-corrected chi connectivity index (χ4v) is 1.08. The lowest BCUT2D eigenvalue weighted by molar-refractivity contribution is 0.193. The molecule has 0 aliphatic heterocycles. The quantitative estimate of drug-likeness (QED) is 0.738. The van der Waals surface area contributed by atoms with Crippen molar-refractivity contribution >= 4 is 6.09 Å². The van der Waals surface area contributed by atoms with E-state index in [0.717, 1.165) is 0 Å². The van der Waals surface area contributed by atoms with Crippen molar-refractivity contribution in [3.63, 3.8) is 0 Å². The number of nitriles is 1. The summed E-state index contributed by atoms with van der Waals surface area (Å²) in [6.45, 7) is 0.803. The van der Waals surface area contributed by atoms with E-state index in [-0.39, 0.29) is 0 Å². The van der Waals surface area contributed by atoms with Gasteiger partial charge in [0.25, 0.3) is 0 Å². The van der Waals surface area contributed by atoms with Crippen LogP contribution in [-0.2, 0) is 0 Å². The van der Waals surface area contributed by atoms with Crippen LogP contribution in [-0.4, -0.2) is 24.4 Å². The first-order chi connectivity index (χ1) is 7.72. The zero-order chi connectivity index (χ0) is 11.8. The summed E-state index contributed by atoms with van der Waals surface area (Å²) in [5.74, 6) is 0.675. The molecule has 84 valence electrons. The highest BCUT2D eigenvalue weighted by Gasteiger charge is 1.96. The Morgan fingerprint density at radius 3 is 2.69 bits per heavy atom. The van der Waals surface area contributed by atoms with Gasteiger partial charge in [-0.25, -0.2) is 4.79 Å². The number of amides is 1. The summed E-state index contributed by atoms with van der Waals surface area (Å²) in [6.07, 6.45) is -0.426. The molecule has 0 aliphatic carbocycles. The zero-order valence-electron chi connectivity index (χ0n) is 8.64. The highest BCUT2D eigenvalue weighted by molar-refractivity contribution is 5.64. The van der Waals surface area contributed by atoms with E-state index in [0.29, 0.717) is 30.9 Å². The van der Waals surface area contributed by atoms with E-state index < -0.39 is 6.09 Å². The minimum atomic E-state index is -1.03. The Bertz CT molecular complexity index is 381. The Hall–Kier alpha value is -2.22. The Balaban J connectivity index is 2.22. The molecule has 0 unspecified atom stereocenters. The van der Waals surface area contributed by atoms with Crippen molar-refractivity contribution in [3.8, 4) is 11.8 Å². The van der Waals surface area contributed by atoms with Gasteiger partial charge in [-0.05, 0) is 30.7 Å².